The summed E-state index contributed by atoms with van der Waals surface area (Å²) in [5.41, 5.74) is 0. The molecule has 3 fully saturated rings. The molecule has 1 aliphatic heterocycles. The standard InChI is InChI=1S/C14H26N2/c1-10-6-7-16-14(10)9-15-8-13(11-2-3-11)12-4-5-12/h10-16H,2-9H2,1H3. The van der Waals surface area contributed by atoms with E-state index >= 15 is 0 Å². The fourth-order valence-electron chi connectivity index (χ4n) is 3.34. The molecule has 2 heteroatoms. The Hall–Kier alpha value is -0.0800. The van der Waals surface area contributed by atoms with Crippen molar-refractivity contribution in [2.75, 3.05) is 19.6 Å². The highest BCUT2D eigenvalue weighted by molar-refractivity contribution is 4.93. The van der Waals surface area contributed by atoms with Crippen LogP contribution in [0.4, 0.5) is 0 Å². The monoisotopic (exact) mass is 222 g/mol. The lowest BCUT2D eigenvalue weighted by Gasteiger charge is -2.20. The highest BCUT2D eigenvalue weighted by atomic mass is 15.0. The highest BCUT2D eigenvalue weighted by Gasteiger charge is 2.40. The maximum Gasteiger partial charge on any atom is 0.0218 e. The molecule has 1 saturated heterocycles. The maximum atomic E-state index is 3.74. The smallest absolute Gasteiger partial charge is 0.0218 e. The van der Waals surface area contributed by atoms with E-state index in [1.165, 1.54) is 51.7 Å². The van der Waals surface area contributed by atoms with Crippen LogP contribution in [0.25, 0.3) is 0 Å². The molecule has 2 nitrogen and oxygen atoms in total. The van der Waals surface area contributed by atoms with Crippen molar-refractivity contribution in [2.45, 2.75) is 45.1 Å². The predicted octanol–water partition coefficient (Wildman–Crippen LogP) is 2.01. The fraction of sp³-hybridized carbons (Fsp3) is 1.00. The third kappa shape index (κ3) is 2.60. The van der Waals surface area contributed by atoms with E-state index in [0.717, 1.165) is 29.7 Å². The zero-order valence-electron chi connectivity index (χ0n) is 10.5. The van der Waals surface area contributed by atoms with Gasteiger partial charge in [0.05, 0.1) is 0 Å². The Kier molecular flexibility index (Phi) is 3.21. The SMILES string of the molecule is CC1CCNC1CNCC(C1CC1)C1CC1. The Labute approximate surface area is 99.6 Å². The van der Waals surface area contributed by atoms with E-state index in [-0.39, 0.29) is 0 Å². The second-order valence-corrected chi connectivity index (χ2v) is 6.32. The van der Waals surface area contributed by atoms with Crippen LogP contribution in [-0.4, -0.2) is 25.7 Å². The van der Waals surface area contributed by atoms with Crippen LogP contribution in [-0.2, 0) is 0 Å². The van der Waals surface area contributed by atoms with Crippen LogP contribution in [0.15, 0.2) is 0 Å². The lowest BCUT2D eigenvalue weighted by molar-refractivity contribution is 0.358. The van der Waals surface area contributed by atoms with Gasteiger partial charge in [0, 0.05) is 12.6 Å². The molecule has 0 amide bonds. The minimum Gasteiger partial charge on any atom is -0.315 e. The van der Waals surface area contributed by atoms with Crippen LogP contribution >= 0.6 is 0 Å². The molecule has 0 spiro atoms. The Morgan fingerprint density at radius 3 is 2.31 bits per heavy atom. The summed E-state index contributed by atoms with van der Waals surface area (Å²) < 4.78 is 0. The van der Waals surface area contributed by atoms with Crippen molar-refractivity contribution < 1.29 is 0 Å². The average Bonchev–Trinajstić information content (AvgIpc) is 3.15. The van der Waals surface area contributed by atoms with Crippen LogP contribution in [0, 0.1) is 23.7 Å². The van der Waals surface area contributed by atoms with Crippen LogP contribution in [0.3, 0.4) is 0 Å². The van der Waals surface area contributed by atoms with Crippen molar-refractivity contribution in [1.82, 2.24) is 10.6 Å². The molecule has 1 heterocycles. The van der Waals surface area contributed by atoms with Gasteiger partial charge in [0.1, 0.15) is 0 Å². The van der Waals surface area contributed by atoms with Crippen molar-refractivity contribution >= 4 is 0 Å². The van der Waals surface area contributed by atoms with Crippen LogP contribution in [0.1, 0.15) is 39.0 Å². The first-order valence-corrected chi connectivity index (χ1v) is 7.28. The first-order valence-electron chi connectivity index (χ1n) is 7.28. The van der Waals surface area contributed by atoms with Gasteiger partial charge < -0.3 is 10.6 Å². The van der Waals surface area contributed by atoms with Gasteiger partial charge in [-0.3, -0.25) is 0 Å². The lowest BCUT2D eigenvalue weighted by Crippen LogP contribution is -2.39. The van der Waals surface area contributed by atoms with Gasteiger partial charge in [0.15, 0.2) is 0 Å². The molecule has 2 N–H and O–H groups in total. The largest absolute Gasteiger partial charge is 0.315 e. The summed E-state index contributed by atoms with van der Waals surface area (Å²) in [6.07, 6.45) is 7.42. The Morgan fingerprint density at radius 2 is 1.81 bits per heavy atom. The molecule has 2 unspecified atom stereocenters. The quantitative estimate of drug-likeness (QED) is 0.718. The molecule has 2 saturated carbocycles. The summed E-state index contributed by atoms with van der Waals surface area (Å²) in [5.74, 6) is 4.08. The third-order valence-electron chi connectivity index (χ3n) is 4.89. The molecular formula is C14H26N2. The van der Waals surface area contributed by atoms with E-state index in [2.05, 4.69) is 17.6 Å². The van der Waals surface area contributed by atoms with Gasteiger partial charge in [-0.2, -0.15) is 0 Å². The zero-order valence-corrected chi connectivity index (χ0v) is 10.5. The summed E-state index contributed by atoms with van der Waals surface area (Å²) in [4.78, 5) is 0. The maximum absolute atomic E-state index is 3.74. The van der Waals surface area contributed by atoms with Gasteiger partial charge in [-0.25, -0.2) is 0 Å². The normalized spacial score (nSPS) is 34.9. The first-order chi connectivity index (χ1) is 7.84. The molecule has 3 rings (SSSR count). The minimum atomic E-state index is 0.735. The topological polar surface area (TPSA) is 24.1 Å². The van der Waals surface area contributed by atoms with Crippen molar-refractivity contribution in [2.24, 2.45) is 23.7 Å². The zero-order chi connectivity index (χ0) is 11.0. The molecule has 92 valence electrons. The Morgan fingerprint density at radius 1 is 1.12 bits per heavy atom. The molecular weight excluding hydrogens is 196 g/mol. The number of hydrogen-bond donors (Lipinski definition) is 2. The summed E-state index contributed by atoms with van der Waals surface area (Å²) in [6.45, 7) is 6.09. The second-order valence-electron chi connectivity index (χ2n) is 6.32. The minimum absolute atomic E-state index is 0.735. The summed E-state index contributed by atoms with van der Waals surface area (Å²) in [7, 11) is 0. The van der Waals surface area contributed by atoms with Crippen molar-refractivity contribution in [1.29, 1.82) is 0 Å². The van der Waals surface area contributed by atoms with Gasteiger partial charge in [0.25, 0.3) is 0 Å². The molecule has 3 aliphatic rings. The second kappa shape index (κ2) is 4.66. The lowest BCUT2D eigenvalue weighted by atomic mass is 9.97. The predicted molar refractivity (Wildman–Crippen MR) is 67.4 cm³/mol. The van der Waals surface area contributed by atoms with Gasteiger partial charge in [-0.15, -0.1) is 0 Å². The van der Waals surface area contributed by atoms with E-state index < -0.39 is 0 Å². The molecule has 16 heavy (non-hydrogen) atoms. The highest BCUT2D eigenvalue weighted by Crippen LogP contribution is 2.48. The average molecular weight is 222 g/mol. The summed E-state index contributed by atoms with van der Waals surface area (Å²) in [6, 6.07) is 0.735. The molecule has 0 aromatic rings. The fourth-order valence-corrected chi connectivity index (χ4v) is 3.34. The van der Waals surface area contributed by atoms with E-state index in [0.29, 0.717) is 0 Å². The Balaban J connectivity index is 1.38. The molecule has 2 atom stereocenters. The van der Waals surface area contributed by atoms with E-state index in [4.69, 9.17) is 0 Å². The third-order valence-corrected chi connectivity index (χ3v) is 4.89. The first kappa shape index (κ1) is 11.0. The molecule has 0 aromatic heterocycles. The molecule has 2 aliphatic carbocycles. The molecule has 0 bridgehead atoms. The van der Waals surface area contributed by atoms with Crippen LogP contribution < -0.4 is 10.6 Å². The van der Waals surface area contributed by atoms with Crippen molar-refractivity contribution in [3.63, 3.8) is 0 Å². The summed E-state index contributed by atoms with van der Waals surface area (Å²) in [5, 5.41) is 7.35. The van der Waals surface area contributed by atoms with Gasteiger partial charge in [0.2, 0.25) is 0 Å². The van der Waals surface area contributed by atoms with Crippen molar-refractivity contribution in [3.8, 4) is 0 Å². The number of rotatable bonds is 6. The van der Waals surface area contributed by atoms with Crippen molar-refractivity contribution in [3.05, 3.63) is 0 Å². The van der Waals surface area contributed by atoms with Gasteiger partial charge >= 0.3 is 0 Å². The number of hydrogen-bond acceptors (Lipinski definition) is 2. The van der Waals surface area contributed by atoms with Gasteiger partial charge in [-0.1, -0.05) is 6.92 Å². The van der Waals surface area contributed by atoms with Gasteiger partial charge in [-0.05, 0) is 68.9 Å². The van der Waals surface area contributed by atoms with E-state index in [1.54, 1.807) is 0 Å². The van der Waals surface area contributed by atoms with E-state index in [9.17, 15) is 0 Å². The van der Waals surface area contributed by atoms with Crippen LogP contribution in [0.5, 0.6) is 0 Å². The number of nitrogens with one attached hydrogen (secondary N) is 2. The Bertz CT molecular complexity index is 221. The molecule has 0 aromatic carbocycles. The molecule has 0 radical (unpaired) electrons. The van der Waals surface area contributed by atoms with Crippen LogP contribution in [0.2, 0.25) is 0 Å². The van der Waals surface area contributed by atoms with E-state index in [1.807, 2.05) is 0 Å². The summed E-state index contributed by atoms with van der Waals surface area (Å²) >= 11 is 0.